The normalized spacial score (nSPS) is 16.2. The van der Waals surface area contributed by atoms with Crippen LogP contribution in [-0.2, 0) is 21.4 Å². The fraction of sp³-hybridized carbons (Fsp3) is 0.524. The number of para-hydroxylation sites is 1. The third kappa shape index (κ3) is 6.52. The van der Waals surface area contributed by atoms with E-state index >= 15 is 0 Å². The summed E-state index contributed by atoms with van der Waals surface area (Å²) >= 11 is 0.922. The molecule has 1 amide bonds. The van der Waals surface area contributed by atoms with Crippen LogP contribution in [0.5, 0.6) is 0 Å². The van der Waals surface area contributed by atoms with Crippen LogP contribution in [-0.4, -0.2) is 25.4 Å². The molecule has 1 saturated carbocycles. The second-order valence-electron chi connectivity index (χ2n) is 7.95. The molecule has 0 radical (unpaired) electrons. The Hall–Kier alpha value is -1.97. The van der Waals surface area contributed by atoms with Crippen LogP contribution in [0.25, 0.3) is 0 Å². The first kappa shape index (κ1) is 22.7. The summed E-state index contributed by atoms with van der Waals surface area (Å²) in [6, 6.07) is 7.77. The zero-order chi connectivity index (χ0) is 21.6. The van der Waals surface area contributed by atoms with Crippen molar-refractivity contribution in [1.82, 2.24) is 10.3 Å². The fourth-order valence-corrected chi connectivity index (χ4v) is 6.03. The molecule has 0 aliphatic heterocycles. The number of amides is 1. The van der Waals surface area contributed by atoms with E-state index in [9.17, 15) is 13.2 Å². The van der Waals surface area contributed by atoms with E-state index in [1.807, 2.05) is 18.2 Å². The van der Waals surface area contributed by atoms with Gasteiger partial charge in [0.05, 0.1) is 11.9 Å². The molecule has 0 unspecified atom stereocenters. The van der Waals surface area contributed by atoms with Gasteiger partial charge in [0.25, 0.3) is 10.0 Å². The quantitative estimate of drug-likeness (QED) is 0.527. The Balaban J connectivity index is 1.62. The summed E-state index contributed by atoms with van der Waals surface area (Å²) in [5, 5.41) is 6.31. The number of aromatic nitrogens is 1. The largest absolute Gasteiger partial charge is 0.310 e. The molecule has 1 fully saturated rings. The first-order valence-corrected chi connectivity index (χ1v) is 12.7. The number of hydrogen-bond donors (Lipinski definition) is 3. The van der Waals surface area contributed by atoms with Crippen molar-refractivity contribution in [1.29, 1.82) is 0 Å². The van der Waals surface area contributed by atoms with E-state index in [1.165, 1.54) is 45.2 Å². The predicted octanol–water partition coefficient (Wildman–Crippen LogP) is 4.35. The lowest BCUT2D eigenvalue weighted by molar-refractivity contribution is -0.114. The van der Waals surface area contributed by atoms with Crippen LogP contribution in [0.1, 0.15) is 57.9 Å². The summed E-state index contributed by atoms with van der Waals surface area (Å²) in [6.07, 6.45) is 9.08. The molecule has 0 bridgehead atoms. The number of carbonyl (C=O) groups is 1. The lowest BCUT2D eigenvalue weighted by Crippen LogP contribution is -2.29. The van der Waals surface area contributed by atoms with E-state index in [-0.39, 0.29) is 15.2 Å². The van der Waals surface area contributed by atoms with Gasteiger partial charge >= 0.3 is 0 Å². The van der Waals surface area contributed by atoms with Crippen LogP contribution in [0.2, 0.25) is 0 Å². The van der Waals surface area contributed by atoms with Gasteiger partial charge in [-0.05, 0) is 30.9 Å². The van der Waals surface area contributed by atoms with Crippen molar-refractivity contribution >= 4 is 38.1 Å². The van der Waals surface area contributed by atoms with Gasteiger partial charge in [-0.3, -0.25) is 9.52 Å². The average Bonchev–Trinajstić information content (AvgIpc) is 3.17. The van der Waals surface area contributed by atoms with E-state index in [4.69, 9.17) is 0 Å². The molecule has 3 N–H and O–H groups in total. The molecule has 1 aromatic carbocycles. The lowest BCUT2D eigenvalue weighted by Gasteiger charge is -2.25. The second-order valence-corrected chi connectivity index (χ2v) is 10.9. The van der Waals surface area contributed by atoms with E-state index in [0.717, 1.165) is 29.2 Å². The molecule has 9 heteroatoms. The molecule has 0 saturated heterocycles. The number of nitrogens with one attached hydrogen (secondary N) is 3. The molecule has 2 aromatic rings. The third-order valence-corrected chi connectivity index (χ3v) is 8.09. The Morgan fingerprint density at radius 1 is 1.23 bits per heavy atom. The summed E-state index contributed by atoms with van der Waals surface area (Å²) in [5.74, 6) is 0.499. The first-order valence-electron chi connectivity index (χ1n) is 10.4. The Bertz CT molecular complexity index is 953. The lowest BCUT2D eigenvalue weighted by atomic mass is 9.85. The minimum atomic E-state index is -3.79. The molecule has 1 aromatic heterocycles. The summed E-state index contributed by atoms with van der Waals surface area (Å²) in [7, 11) is -3.79. The third-order valence-electron chi connectivity index (χ3n) is 5.35. The highest BCUT2D eigenvalue weighted by Crippen LogP contribution is 2.28. The van der Waals surface area contributed by atoms with Crippen molar-refractivity contribution in [2.45, 2.75) is 69.2 Å². The van der Waals surface area contributed by atoms with Gasteiger partial charge in [-0.1, -0.05) is 61.6 Å². The number of sulfonamides is 1. The maximum atomic E-state index is 12.8. The topological polar surface area (TPSA) is 100 Å². The van der Waals surface area contributed by atoms with Gasteiger partial charge in [0, 0.05) is 19.5 Å². The fourth-order valence-electron chi connectivity index (χ4n) is 3.85. The van der Waals surface area contributed by atoms with Crippen molar-refractivity contribution in [3.63, 3.8) is 0 Å². The van der Waals surface area contributed by atoms with Gasteiger partial charge in [-0.25, -0.2) is 13.4 Å². The number of carbonyl (C=O) groups excluding carboxylic acids is 1. The molecular formula is C21H30N4O3S2. The van der Waals surface area contributed by atoms with Gasteiger partial charge in [0.1, 0.15) is 0 Å². The standard InChI is InChI=1S/C21H30N4O3S2/c1-15(12-17-8-4-3-5-9-17)22-13-18-10-6-7-11-19(18)25-30(27,28)20-14-23-21(29-20)24-16(2)26/h6-7,10-11,14-15,17,22,25H,3-5,8-9,12-13H2,1-2H3,(H,23,24,26)/t15-/m0/s1. The molecule has 3 rings (SSSR count). The maximum Gasteiger partial charge on any atom is 0.273 e. The number of benzene rings is 1. The van der Waals surface area contributed by atoms with Crippen molar-refractivity contribution in [2.75, 3.05) is 10.0 Å². The van der Waals surface area contributed by atoms with Gasteiger partial charge in [0.15, 0.2) is 9.34 Å². The molecule has 164 valence electrons. The van der Waals surface area contributed by atoms with Gasteiger partial charge in [0.2, 0.25) is 5.91 Å². The highest BCUT2D eigenvalue weighted by Gasteiger charge is 2.20. The SMILES string of the molecule is CC(=O)Nc1ncc(S(=O)(=O)Nc2ccccc2CN[C@@H](C)CC2CCCCC2)s1. The summed E-state index contributed by atoms with van der Waals surface area (Å²) in [5.41, 5.74) is 1.44. The van der Waals surface area contributed by atoms with E-state index in [2.05, 4.69) is 27.3 Å². The highest BCUT2D eigenvalue weighted by molar-refractivity contribution is 7.94. The highest BCUT2D eigenvalue weighted by atomic mass is 32.2. The summed E-state index contributed by atoms with van der Waals surface area (Å²) in [4.78, 5) is 15.1. The van der Waals surface area contributed by atoms with Gasteiger partial charge in [-0.2, -0.15) is 0 Å². The molecular weight excluding hydrogens is 420 g/mol. The Morgan fingerprint density at radius 3 is 2.70 bits per heavy atom. The van der Waals surface area contributed by atoms with Crippen LogP contribution < -0.4 is 15.4 Å². The molecule has 0 spiro atoms. The van der Waals surface area contributed by atoms with Crippen LogP contribution in [0.15, 0.2) is 34.7 Å². The van der Waals surface area contributed by atoms with Gasteiger partial charge in [-0.15, -0.1) is 0 Å². The van der Waals surface area contributed by atoms with Crippen molar-refractivity contribution in [3.8, 4) is 0 Å². The van der Waals surface area contributed by atoms with E-state index < -0.39 is 10.0 Å². The van der Waals surface area contributed by atoms with Crippen LogP contribution in [0.3, 0.4) is 0 Å². The molecule has 1 aliphatic carbocycles. The van der Waals surface area contributed by atoms with Crippen LogP contribution >= 0.6 is 11.3 Å². The van der Waals surface area contributed by atoms with Crippen LogP contribution in [0, 0.1) is 5.92 Å². The predicted molar refractivity (Wildman–Crippen MR) is 121 cm³/mol. The van der Waals surface area contributed by atoms with Crippen molar-refractivity contribution in [2.24, 2.45) is 5.92 Å². The molecule has 1 heterocycles. The monoisotopic (exact) mass is 450 g/mol. The first-order chi connectivity index (χ1) is 14.3. The van der Waals surface area contributed by atoms with Crippen molar-refractivity contribution < 1.29 is 13.2 Å². The van der Waals surface area contributed by atoms with Crippen LogP contribution in [0.4, 0.5) is 10.8 Å². The van der Waals surface area contributed by atoms with E-state index in [1.54, 1.807) is 6.07 Å². The minimum absolute atomic E-state index is 0.0553. The van der Waals surface area contributed by atoms with E-state index in [0.29, 0.717) is 18.3 Å². The number of nitrogens with zero attached hydrogens (tertiary/aromatic N) is 1. The molecule has 30 heavy (non-hydrogen) atoms. The zero-order valence-electron chi connectivity index (χ0n) is 17.5. The zero-order valence-corrected chi connectivity index (χ0v) is 19.1. The molecule has 7 nitrogen and oxygen atoms in total. The molecule has 1 atom stereocenters. The summed E-state index contributed by atoms with van der Waals surface area (Å²) < 4.78 is 28.3. The second kappa shape index (κ2) is 10.4. The number of hydrogen-bond acceptors (Lipinski definition) is 6. The maximum absolute atomic E-state index is 12.8. The van der Waals surface area contributed by atoms with Gasteiger partial charge < -0.3 is 10.6 Å². The minimum Gasteiger partial charge on any atom is -0.310 e. The number of thiazole rings is 1. The summed E-state index contributed by atoms with van der Waals surface area (Å²) in [6.45, 7) is 4.14. The number of anilines is 2. The Labute approximate surface area is 182 Å². The Kier molecular flexibility index (Phi) is 7.85. The average molecular weight is 451 g/mol. The molecule has 1 aliphatic rings. The Morgan fingerprint density at radius 2 is 1.97 bits per heavy atom. The smallest absolute Gasteiger partial charge is 0.273 e. The van der Waals surface area contributed by atoms with Crippen molar-refractivity contribution in [3.05, 3.63) is 36.0 Å². The number of rotatable bonds is 9.